The summed E-state index contributed by atoms with van der Waals surface area (Å²) in [5.74, 6) is 1.24. The fourth-order valence-corrected chi connectivity index (χ4v) is 4.94. The van der Waals surface area contributed by atoms with Crippen LogP contribution in [0.3, 0.4) is 0 Å². The van der Waals surface area contributed by atoms with Crippen molar-refractivity contribution in [1.29, 1.82) is 0 Å². The Hall–Kier alpha value is -2.25. The molecule has 0 bridgehead atoms. The number of likely N-dealkylation sites (tertiary alicyclic amines) is 1. The Kier molecular flexibility index (Phi) is 7.49. The van der Waals surface area contributed by atoms with E-state index in [0.29, 0.717) is 18.9 Å². The Bertz CT molecular complexity index is 779. The van der Waals surface area contributed by atoms with Gasteiger partial charge in [-0.1, -0.05) is 31.0 Å². The van der Waals surface area contributed by atoms with Crippen molar-refractivity contribution in [2.24, 2.45) is 10.9 Å². The van der Waals surface area contributed by atoms with Gasteiger partial charge < -0.3 is 15.5 Å². The molecule has 5 nitrogen and oxygen atoms in total. The number of hydrogen-bond acceptors (Lipinski definition) is 2. The molecule has 0 unspecified atom stereocenters. The Balaban J connectivity index is 1.65. The molecule has 1 aliphatic heterocycles. The number of benzene rings is 1. The Morgan fingerprint density at radius 2 is 1.90 bits per heavy atom. The van der Waals surface area contributed by atoms with Gasteiger partial charge in [0.25, 0.3) is 0 Å². The van der Waals surface area contributed by atoms with Crippen LogP contribution < -0.4 is 10.6 Å². The normalized spacial score (nSPS) is 20.0. The number of aliphatic imine (C=N–C) groups is 1. The lowest BCUT2D eigenvalue weighted by Gasteiger charge is -2.36. The van der Waals surface area contributed by atoms with Crippen molar-refractivity contribution in [2.45, 2.75) is 56.5 Å². The summed E-state index contributed by atoms with van der Waals surface area (Å²) in [5, 5.41) is 6.14. The smallest absolute Gasteiger partial charge is 0.359 e. The van der Waals surface area contributed by atoms with Crippen LogP contribution in [-0.2, 0) is 16.4 Å². The molecule has 1 saturated carbocycles. The number of nitrogens with one attached hydrogen (secondary N) is 2. The van der Waals surface area contributed by atoms with Crippen LogP contribution in [0.1, 0.15) is 56.1 Å². The van der Waals surface area contributed by atoms with Gasteiger partial charge in [-0.3, -0.25) is 9.79 Å². The van der Waals surface area contributed by atoms with Crippen LogP contribution in [0, 0.1) is 5.92 Å². The summed E-state index contributed by atoms with van der Waals surface area (Å²) in [6, 6.07) is 5.81. The van der Waals surface area contributed by atoms with Gasteiger partial charge in [0.1, 0.15) is 0 Å². The molecular weight excluding hydrogens is 405 g/mol. The highest BCUT2D eigenvalue weighted by Crippen LogP contribution is 2.42. The fourth-order valence-electron chi connectivity index (χ4n) is 4.94. The van der Waals surface area contributed by atoms with Gasteiger partial charge in [-0.25, -0.2) is 0 Å². The highest BCUT2D eigenvalue weighted by Gasteiger charge is 2.38. The van der Waals surface area contributed by atoms with Gasteiger partial charge in [-0.05, 0) is 43.2 Å². The maximum atomic E-state index is 13.3. The van der Waals surface area contributed by atoms with Crippen LogP contribution in [-0.4, -0.2) is 50.5 Å². The van der Waals surface area contributed by atoms with E-state index in [2.05, 4.69) is 20.5 Å². The van der Waals surface area contributed by atoms with E-state index in [1.807, 2.05) is 6.07 Å². The van der Waals surface area contributed by atoms with Gasteiger partial charge in [0.2, 0.25) is 5.91 Å². The number of nitrogens with zero attached hydrogens (tertiary/aromatic N) is 2. The SMILES string of the molecule is CN=C(NCC1(c2cccc(C(F)(F)F)c2)CCCC1)N1CCC(CC(=O)NC)CC1. The van der Waals surface area contributed by atoms with Gasteiger partial charge in [0.15, 0.2) is 5.96 Å². The zero-order valence-electron chi connectivity index (χ0n) is 18.4. The highest BCUT2D eigenvalue weighted by molar-refractivity contribution is 5.80. The van der Waals surface area contributed by atoms with E-state index in [9.17, 15) is 18.0 Å². The Morgan fingerprint density at radius 1 is 1.23 bits per heavy atom. The molecule has 0 atom stereocenters. The molecule has 0 radical (unpaired) electrons. The monoisotopic (exact) mass is 438 g/mol. The van der Waals surface area contributed by atoms with E-state index >= 15 is 0 Å². The second kappa shape index (κ2) is 9.92. The number of alkyl halides is 3. The zero-order chi connectivity index (χ0) is 22.5. The molecule has 31 heavy (non-hydrogen) atoms. The molecule has 1 amide bonds. The highest BCUT2D eigenvalue weighted by atomic mass is 19.4. The molecule has 1 aliphatic carbocycles. The average Bonchev–Trinajstić information content (AvgIpc) is 3.25. The van der Waals surface area contributed by atoms with E-state index in [-0.39, 0.29) is 11.3 Å². The second-order valence-electron chi connectivity index (χ2n) is 8.77. The number of halogens is 3. The summed E-state index contributed by atoms with van der Waals surface area (Å²) >= 11 is 0. The van der Waals surface area contributed by atoms with Crippen LogP contribution in [0.25, 0.3) is 0 Å². The maximum Gasteiger partial charge on any atom is 0.416 e. The molecule has 0 spiro atoms. The first kappa shape index (κ1) is 23.4. The molecule has 0 aromatic heterocycles. The van der Waals surface area contributed by atoms with Crippen molar-refractivity contribution >= 4 is 11.9 Å². The third kappa shape index (κ3) is 5.71. The predicted octanol–water partition coefficient (Wildman–Crippen LogP) is 3.94. The van der Waals surface area contributed by atoms with E-state index in [4.69, 9.17) is 0 Å². The Morgan fingerprint density at radius 3 is 2.48 bits per heavy atom. The molecule has 1 saturated heterocycles. The fraction of sp³-hybridized carbons (Fsp3) is 0.652. The van der Waals surface area contributed by atoms with Crippen LogP contribution in [0.15, 0.2) is 29.3 Å². The van der Waals surface area contributed by atoms with E-state index in [1.165, 1.54) is 12.1 Å². The van der Waals surface area contributed by atoms with Gasteiger partial charge in [-0.15, -0.1) is 0 Å². The summed E-state index contributed by atoms with van der Waals surface area (Å²) in [6.07, 6.45) is 1.83. The minimum Gasteiger partial charge on any atom is -0.359 e. The van der Waals surface area contributed by atoms with Crippen molar-refractivity contribution in [2.75, 3.05) is 33.7 Å². The topological polar surface area (TPSA) is 56.7 Å². The summed E-state index contributed by atoms with van der Waals surface area (Å²) in [5.41, 5.74) is -0.139. The second-order valence-corrected chi connectivity index (χ2v) is 8.77. The number of carbonyl (C=O) groups excluding carboxylic acids is 1. The van der Waals surface area contributed by atoms with Gasteiger partial charge in [0.05, 0.1) is 5.56 Å². The third-order valence-electron chi connectivity index (χ3n) is 6.83. The number of rotatable bonds is 5. The van der Waals surface area contributed by atoms with Crippen LogP contribution in [0.2, 0.25) is 0 Å². The molecule has 2 aliphatic rings. The lowest BCUT2D eigenvalue weighted by molar-refractivity contribution is -0.137. The van der Waals surface area contributed by atoms with Crippen molar-refractivity contribution < 1.29 is 18.0 Å². The molecule has 2 fully saturated rings. The number of piperidine rings is 1. The quantitative estimate of drug-likeness (QED) is 0.541. The first-order valence-electron chi connectivity index (χ1n) is 11.1. The molecule has 3 rings (SSSR count). The molecule has 1 aromatic rings. The van der Waals surface area contributed by atoms with Crippen molar-refractivity contribution in [3.63, 3.8) is 0 Å². The molecule has 2 N–H and O–H groups in total. The number of guanidine groups is 1. The molecule has 1 heterocycles. The maximum absolute atomic E-state index is 13.3. The molecule has 172 valence electrons. The average molecular weight is 439 g/mol. The lowest BCUT2D eigenvalue weighted by atomic mass is 9.78. The molecule has 1 aromatic carbocycles. The zero-order valence-corrected chi connectivity index (χ0v) is 18.4. The predicted molar refractivity (Wildman–Crippen MR) is 116 cm³/mol. The standard InChI is InChI=1S/C23H33F3N4O/c1-27-20(31)14-17-8-12-30(13-9-17)21(28-2)29-16-22(10-3-4-11-22)18-6-5-7-19(15-18)23(24,25)26/h5-7,15,17H,3-4,8-14,16H2,1-2H3,(H,27,31)(H,28,29). The van der Waals surface area contributed by atoms with Crippen molar-refractivity contribution in [3.8, 4) is 0 Å². The van der Waals surface area contributed by atoms with Crippen molar-refractivity contribution in [1.82, 2.24) is 15.5 Å². The van der Waals surface area contributed by atoms with Gasteiger partial charge in [-0.2, -0.15) is 13.2 Å². The summed E-state index contributed by atoms with van der Waals surface area (Å²) < 4.78 is 39.8. The number of hydrogen-bond donors (Lipinski definition) is 2. The summed E-state index contributed by atoms with van der Waals surface area (Å²) in [7, 11) is 3.40. The summed E-state index contributed by atoms with van der Waals surface area (Å²) in [6.45, 7) is 2.20. The molecule has 8 heteroatoms. The van der Waals surface area contributed by atoms with Gasteiger partial charge in [0, 0.05) is 45.6 Å². The molecular formula is C23H33F3N4O. The van der Waals surface area contributed by atoms with E-state index in [1.54, 1.807) is 14.1 Å². The third-order valence-corrected chi connectivity index (χ3v) is 6.83. The van der Waals surface area contributed by atoms with Crippen LogP contribution >= 0.6 is 0 Å². The van der Waals surface area contributed by atoms with Crippen molar-refractivity contribution in [3.05, 3.63) is 35.4 Å². The minimum absolute atomic E-state index is 0.0743. The lowest BCUT2D eigenvalue weighted by Crippen LogP contribution is -2.49. The first-order chi connectivity index (χ1) is 14.8. The van der Waals surface area contributed by atoms with Crippen LogP contribution in [0.4, 0.5) is 13.2 Å². The number of carbonyl (C=O) groups is 1. The van der Waals surface area contributed by atoms with Crippen LogP contribution in [0.5, 0.6) is 0 Å². The Labute approximate surface area is 182 Å². The summed E-state index contributed by atoms with van der Waals surface area (Å²) in [4.78, 5) is 18.2. The largest absolute Gasteiger partial charge is 0.416 e. The minimum atomic E-state index is -4.34. The van der Waals surface area contributed by atoms with Gasteiger partial charge >= 0.3 is 6.18 Å². The van der Waals surface area contributed by atoms with E-state index in [0.717, 1.165) is 69.2 Å². The first-order valence-corrected chi connectivity index (χ1v) is 11.1. The van der Waals surface area contributed by atoms with E-state index < -0.39 is 11.7 Å². The number of amides is 1.